The monoisotopic (exact) mass is 1150 g/mol. The second-order valence-electron chi connectivity index (χ2n) is 23.4. The lowest BCUT2D eigenvalue weighted by molar-refractivity contribution is 0.415. The fraction of sp³-hybridized carbons (Fsp3) is 0.0233. The molecule has 4 heteroatoms. The van der Waals surface area contributed by atoms with Crippen LogP contribution in [-0.4, -0.2) is 23.4 Å². The summed E-state index contributed by atoms with van der Waals surface area (Å²) in [5.41, 5.74) is 17.1. The third-order valence-corrected chi connectivity index (χ3v) is 18.5. The van der Waals surface area contributed by atoms with E-state index in [2.05, 4.69) is 319 Å². The minimum atomic E-state index is 0.877. The van der Waals surface area contributed by atoms with Crippen LogP contribution in [-0.2, 0) is 0 Å². The van der Waals surface area contributed by atoms with Crippen molar-refractivity contribution < 1.29 is 9.47 Å². The first-order valence-corrected chi connectivity index (χ1v) is 30.8. The Bertz CT molecular complexity index is 5560. The van der Waals surface area contributed by atoms with Crippen LogP contribution in [0.5, 0.6) is 11.5 Å². The van der Waals surface area contributed by atoms with Crippen molar-refractivity contribution in [1.29, 1.82) is 0 Å². The maximum atomic E-state index is 5.62. The summed E-state index contributed by atoms with van der Waals surface area (Å²) in [6.45, 7) is 0. The number of ether oxygens (including phenoxy) is 2. The molecule has 4 nitrogen and oxygen atoms in total. The van der Waals surface area contributed by atoms with Crippen LogP contribution in [0.25, 0.3) is 164 Å². The maximum absolute atomic E-state index is 5.62. The SMILES string of the molecule is COc1ccc2cc(-c3cccc4c(-c5ccc(OC)c6ccccc56)cccc34)ccc2c1.c1cc(-c2ccc3cc(-n4c5ccccc5c5ccccc54)ccc3c2)c2cccc(-c3ccc4cc(-n5c6ccccc6c6ccccc65)ccc4c3)c2c1. The highest BCUT2D eigenvalue weighted by molar-refractivity contribution is 6.13. The molecule has 0 aliphatic heterocycles. The zero-order valence-corrected chi connectivity index (χ0v) is 49.7. The molecule has 0 fully saturated rings. The normalized spacial score (nSPS) is 11.7. The molecule has 0 aliphatic rings. The lowest BCUT2D eigenvalue weighted by Crippen LogP contribution is -1.94. The van der Waals surface area contributed by atoms with Crippen molar-refractivity contribution in [1.82, 2.24) is 9.13 Å². The van der Waals surface area contributed by atoms with Gasteiger partial charge in [0, 0.05) is 38.3 Å². The molecule has 0 N–H and O–H groups in total. The van der Waals surface area contributed by atoms with E-state index in [9.17, 15) is 0 Å². The molecule has 90 heavy (non-hydrogen) atoms. The lowest BCUT2D eigenvalue weighted by atomic mass is 9.90. The molecule has 424 valence electrons. The first-order chi connectivity index (χ1) is 44.5. The van der Waals surface area contributed by atoms with Crippen LogP contribution < -0.4 is 9.47 Å². The number of methoxy groups -OCH3 is 2. The van der Waals surface area contributed by atoms with Gasteiger partial charge in [-0.3, -0.25) is 0 Å². The summed E-state index contributed by atoms with van der Waals surface area (Å²) in [6.07, 6.45) is 0. The molecule has 0 spiro atoms. The van der Waals surface area contributed by atoms with Crippen LogP contribution in [0.15, 0.2) is 315 Å². The minimum Gasteiger partial charge on any atom is -0.497 e. The largest absolute Gasteiger partial charge is 0.497 e. The van der Waals surface area contributed by atoms with E-state index in [0.717, 1.165) is 16.9 Å². The molecule has 18 aromatic rings. The molecular weight excluding hydrogens is 1090 g/mol. The average molecular weight is 1150 g/mol. The number of rotatable bonds is 8. The van der Waals surface area contributed by atoms with Crippen molar-refractivity contribution in [3.63, 3.8) is 0 Å². The highest BCUT2D eigenvalue weighted by Gasteiger charge is 2.18. The van der Waals surface area contributed by atoms with Crippen LogP contribution in [0.1, 0.15) is 0 Å². The molecule has 0 atom stereocenters. The van der Waals surface area contributed by atoms with Crippen molar-refractivity contribution in [3.05, 3.63) is 315 Å². The van der Waals surface area contributed by atoms with Gasteiger partial charge < -0.3 is 18.6 Å². The lowest BCUT2D eigenvalue weighted by Gasteiger charge is -2.15. The quantitative estimate of drug-likeness (QED) is 0.152. The van der Waals surface area contributed by atoms with Crippen LogP contribution in [0.2, 0.25) is 0 Å². The van der Waals surface area contributed by atoms with E-state index in [1.807, 2.05) is 6.07 Å². The van der Waals surface area contributed by atoms with Crippen LogP contribution >= 0.6 is 0 Å². The number of fused-ring (bicyclic) bond motifs is 12. The van der Waals surface area contributed by atoms with Crippen molar-refractivity contribution in [3.8, 4) is 67.4 Å². The Labute approximate surface area is 520 Å². The Hall–Kier alpha value is -11.7. The van der Waals surface area contributed by atoms with Crippen molar-refractivity contribution in [2.24, 2.45) is 0 Å². The summed E-state index contributed by atoms with van der Waals surface area (Å²) in [4.78, 5) is 0. The Balaban J connectivity index is 0.000000157. The minimum absolute atomic E-state index is 0.877. The van der Waals surface area contributed by atoms with Crippen LogP contribution in [0, 0.1) is 0 Å². The molecule has 0 aliphatic carbocycles. The van der Waals surface area contributed by atoms with Gasteiger partial charge in [0.05, 0.1) is 36.3 Å². The predicted octanol–water partition coefficient (Wildman–Crippen LogP) is 23.2. The smallest absolute Gasteiger partial charge is 0.126 e. The molecule has 16 aromatic carbocycles. The second kappa shape index (κ2) is 21.6. The highest BCUT2D eigenvalue weighted by Crippen LogP contribution is 2.43. The number of para-hydroxylation sites is 4. The average Bonchev–Trinajstić information content (AvgIpc) is 1.52. The molecule has 18 rings (SSSR count). The summed E-state index contributed by atoms with van der Waals surface area (Å²) in [5, 5.41) is 19.7. The van der Waals surface area contributed by atoms with Gasteiger partial charge in [0.25, 0.3) is 0 Å². The van der Waals surface area contributed by atoms with E-state index in [1.54, 1.807) is 14.2 Å². The van der Waals surface area contributed by atoms with E-state index in [0.29, 0.717) is 0 Å². The molecule has 0 saturated carbocycles. The van der Waals surface area contributed by atoms with E-state index in [4.69, 9.17) is 9.47 Å². The van der Waals surface area contributed by atoms with Gasteiger partial charge in [0.1, 0.15) is 11.5 Å². The van der Waals surface area contributed by atoms with Crippen molar-refractivity contribution in [2.75, 3.05) is 14.2 Å². The maximum Gasteiger partial charge on any atom is 0.126 e. The fourth-order valence-electron chi connectivity index (χ4n) is 14.3. The molecule has 0 saturated heterocycles. The molecular formula is C86H58N2O2. The second-order valence-corrected chi connectivity index (χ2v) is 23.4. The Kier molecular flexibility index (Phi) is 12.6. The van der Waals surface area contributed by atoms with Gasteiger partial charge in [-0.15, -0.1) is 0 Å². The van der Waals surface area contributed by atoms with Gasteiger partial charge >= 0.3 is 0 Å². The number of benzene rings is 16. The molecule has 0 amide bonds. The summed E-state index contributed by atoms with van der Waals surface area (Å²) in [7, 11) is 3.43. The third kappa shape index (κ3) is 8.75. The standard InChI is InChI=1S/C54H34N2.C32H24O2/c1-5-19-51-47(11-1)48-12-2-6-20-52(48)55(51)41-29-27-35-31-39(25-23-37(35)33-41)43-15-9-18-46-44(16-10-17-45(43)46)40-26-24-38-34-42(30-28-36(38)32-40)56-53-21-7-3-13-49(53)50-14-4-8-22-54(50)56;1-33-24-16-15-21-19-23(14-13-22(21)20-24)25-9-5-11-27-26(25)10-6-12-28(27)30-17-18-32(34-2)31-8-4-3-7-29(30)31/h1-34H;3-20H,1-2H3. The zero-order chi connectivity index (χ0) is 59.8. The van der Waals surface area contributed by atoms with E-state index < -0.39 is 0 Å². The van der Waals surface area contributed by atoms with Gasteiger partial charge in [-0.1, -0.05) is 231 Å². The third-order valence-electron chi connectivity index (χ3n) is 18.5. The summed E-state index contributed by atoms with van der Waals surface area (Å²) < 4.78 is 15.8. The summed E-state index contributed by atoms with van der Waals surface area (Å²) in [6, 6.07) is 115. The summed E-state index contributed by atoms with van der Waals surface area (Å²) in [5.74, 6) is 1.77. The molecule has 0 unspecified atom stereocenters. The number of hydrogen-bond donors (Lipinski definition) is 0. The number of nitrogens with zero attached hydrogens (tertiary/aromatic N) is 2. The van der Waals surface area contributed by atoms with Crippen LogP contribution in [0.3, 0.4) is 0 Å². The topological polar surface area (TPSA) is 28.3 Å². The first-order valence-electron chi connectivity index (χ1n) is 30.8. The first kappa shape index (κ1) is 52.6. The van der Waals surface area contributed by atoms with E-state index >= 15 is 0 Å². The van der Waals surface area contributed by atoms with Crippen molar-refractivity contribution >= 4 is 108 Å². The van der Waals surface area contributed by atoms with Gasteiger partial charge in [-0.2, -0.15) is 0 Å². The fourth-order valence-corrected chi connectivity index (χ4v) is 14.3. The predicted molar refractivity (Wildman–Crippen MR) is 381 cm³/mol. The van der Waals surface area contributed by atoms with Gasteiger partial charge in [0.2, 0.25) is 0 Å². The van der Waals surface area contributed by atoms with Gasteiger partial charge in [0.15, 0.2) is 0 Å². The van der Waals surface area contributed by atoms with E-state index in [-0.39, 0.29) is 0 Å². The zero-order valence-electron chi connectivity index (χ0n) is 49.7. The molecule has 2 aromatic heterocycles. The van der Waals surface area contributed by atoms with Gasteiger partial charge in [-0.25, -0.2) is 0 Å². The van der Waals surface area contributed by atoms with Crippen LogP contribution in [0.4, 0.5) is 0 Å². The highest BCUT2D eigenvalue weighted by atomic mass is 16.5. The molecule has 2 heterocycles. The number of aromatic nitrogens is 2. The molecule has 0 bridgehead atoms. The van der Waals surface area contributed by atoms with Crippen molar-refractivity contribution in [2.45, 2.75) is 0 Å². The van der Waals surface area contributed by atoms with Gasteiger partial charge in [-0.05, 0) is 189 Å². The number of hydrogen-bond acceptors (Lipinski definition) is 2. The Morgan fingerprint density at radius 2 is 0.522 bits per heavy atom. The van der Waals surface area contributed by atoms with E-state index in [1.165, 1.54) is 159 Å². The Morgan fingerprint density at radius 1 is 0.211 bits per heavy atom. The Morgan fingerprint density at radius 3 is 0.944 bits per heavy atom. The summed E-state index contributed by atoms with van der Waals surface area (Å²) >= 11 is 0. The molecule has 0 radical (unpaired) electrons.